The average molecular weight is 332 g/mol. The largest absolute Gasteiger partial charge is 0.392 e. The molecule has 0 atom stereocenters. The molecule has 0 bridgehead atoms. The van der Waals surface area contributed by atoms with Crippen molar-refractivity contribution in [2.75, 3.05) is 0 Å². The molecule has 0 saturated heterocycles. The molecular weight excluding hydrogens is 316 g/mol. The molecule has 0 spiro atoms. The zero-order valence-electron chi connectivity index (χ0n) is 13.6. The molecule has 6 nitrogen and oxygen atoms in total. The van der Waals surface area contributed by atoms with E-state index < -0.39 is 0 Å². The van der Waals surface area contributed by atoms with Crippen molar-refractivity contribution in [3.8, 4) is 28.5 Å². The van der Waals surface area contributed by atoms with Crippen LogP contribution in [0.3, 0.4) is 0 Å². The minimum atomic E-state index is 0.00956. The number of aliphatic hydroxyl groups is 1. The quantitative estimate of drug-likeness (QED) is 0.620. The zero-order chi connectivity index (χ0) is 17.2. The van der Waals surface area contributed by atoms with E-state index in [-0.39, 0.29) is 6.61 Å². The van der Waals surface area contributed by atoms with Crippen molar-refractivity contribution in [3.05, 3.63) is 72.1 Å². The van der Waals surface area contributed by atoms with Crippen molar-refractivity contribution in [2.24, 2.45) is 0 Å². The van der Waals surface area contributed by atoms with Crippen molar-refractivity contribution in [1.82, 2.24) is 19.9 Å². The van der Waals surface area contributed by atoms with Crippen LogP contribution < -0.4 is 0 Å². The van der Waals surface area contributed by atoms with Crippen LogP contribution in [0.4, 0.5) is 0 Å². The number of rotatable bonds is 4. The lowest BCUT2D eigenvalue weighted by atomic mass is 10.1. The van der Waals surface area contributed by atoms with Gasteiger partial charge in [0.25, 0.3) is 5.89 Å². The molecule has 2 heterocycles. The molecule has 1 N–H and O–H groups in total. The van der Waals surface area contributed by atoms with Gasteiger partial charge in [0, 0.05) is 5.56 Å². The number of aliphatic hydroxyl groups excluding tert-OH is 1. The Labute approximate surface area is 144 Å². The molecule has 0 aliphatic heterocycles. The molecule has 124 valence electrons. The van der Waals surface area contributed by atoms with E-state index in [0.717, 1.165) is 28.1 Å². The fraction of sp³-hybridized carbons (Fsp3) is 0.105. The van der Waals surface area contributed by atoms with E-state index in [1.807, 2.05) is 66.2 Å². The lowest BCUT2D eigenvalue weighted by Crippen LogP contribution is -1.98. The molecule has 25 heavy (non-hydrogen) atoms. The second-order valence-electron chi connectivity index (χ2n) is 5.67. The summed E-state index contributed by atoms with van der Waals surface area (Å²) in [6.07, 6.45) is 1.73. The molecular formula is C19H16N4O2. The molecule has 2 aromatic carbocycles. The Morgan fingerprint density at radius 2 is 1.80 bits per heavy atom. The van der Waals surface area contributed by atoms with Crippen LogP contribution in [0, 0.1) is 6.92 Å². The van der Waals surface area contributed by atoms with Crippen molar-refractivity contribution >= 4 is 0 Å². The summed E-state index contributed by atoms with van der Waals surface area (Å²) in [5, 5.41) is 17.6. The second kappa shape index (κ2) is 6.33. The molecule has 4 aromatic rings. The fourth-order valence-corrected chi connectivity index (χ4v) is 2.66. The van der Waals surface area contributed by atoms with E-state index in [1.54, 1.807) is 6.20 Å². The van der Waals surface area contributed by atoms with Crippen LogP contribution in [-0.2, 0) is 6.61 Å². The summed E-state index contributed by atoms with van der Waals surface area (Å²) in [6.45, 7) is 1.98. The van der Waals surface area contributed by atoms with Crippen LogP contribution in [0.15, 0.2) is 65.3 Å². The van der Waals surface area contributed by atoms with Crippen LogP contribution in [0.2, 0.25) is 0 Å². The topological polar surface area (TPSA) is 77.0 Å². The Balaban J connectivity index is 1.67. The highest BCUT2D eigenvalue weighted by Crippen LogP contribution is 2.26. The van der Waals surface area contributed by atoms with E-state index in [0.29, 0.717) is 11.7 Å². The molecule has 0 aliphatic rings. The van der Waals surface area contributed by atoms with Gasteiger partial charge in [0.15, 0.2) is 0 Å². The molecule has 2 aromatic heterocycles. The summed E-state index contributed by atoms with van der Waals surface area (Å²) in [5.41, 5.74) is 4.38. The van der Waals surface area contributed by atoms with Crippen LogP contribution in [0.25, 0.3) is 28.5 Å². The maximum Gasteiger partial charge on any atom is 0.261 e. The molecule has 0 aliphatic carbocycles. The summed E-state index contributed by atoms with van der Waals surface area (Å²) in [6, 6.07) is 17.3. The minimum absolute atomic E-state index is 0.00956. The van der Waals surface area contributed by atoms with Gasteiger partial charge in [0.2, 0.25) is 5.82 Å². The number of hydrogen-bond acceptors (Lipinski definition) is 5. The maximum absolute atomic E-state index is 9.12. The van der Waals surface area contributed by atoms with E-state index in [2.05, 4.69) is 15.2 Å². The Kier molecular flexibility index (Phi) is 3.87. The Morgan fingerprint density at radius 3 is 2.52 bits per heavy atom. The lowest BCUT2D eigenvalue weighted by molar-refractivity contribution is 0.282. The van der Waals surface area contributed by atoms with E-state index in [1.165, 1.54) is 0 Å². The van der Waals surface area contributed by atoms with Gasteiger partial charge in [-0.05, 0) is 24.6 Å². The molecule has 0 fully saturated rings. The van der Waals surface area contributed by atoms with Gasteiger partial charge >= 0.3 is 0 Å². The third-order valence-corrected chi connectivity index (χ3v) is 4.06. The fourth-order valence-electron chi connectivity index (χ4n) is 2.66. The van der Waals surface area contributed by atoms with Gasteiger partial charge in [-0.1, -0.05) is 47.6 Å². The third-order valence-electron chi connectivity index (χ3n) is 4.06. The highest BCUT2D eigenvalue weighted by Gasteiger charge is 2.16. The number of benzene rings is 2. The highest BCUT2D eigenvalue weighted by molar-refractivity contribution is 5.61. The molecule has 0 radical (unpaired) electrons. The number of para-hydroxylation sites is 1. The molecule has 0 unspecified atom stereocenters. The monoisotopic (exact) mass is 332 g/mol. The van der Waals surface area contributed by atoms with Gasteiger partial charge in [0.1, 0.15) is 0 Å². The van der Waals surface area contributed by atoms with Crippen LogP contribution in [-0.4, -0.2) is 25.0 Å². The summed E-state index contributed by atoms with van der Waals surface area (Å²) < 4.78 is 7.27. The molecule has 4 rings (SSSR count). The Morgan fingerprint density at radius 1 is 1.04 bits per heavy atom. The van der Waals surface area contributed by atoms with Crippen LogP contribution in [0.1, 0.15) is 11.3 Å². The summed E-state index contributed by atoms with van der Waals surface area (Å²) in [7, 11) is 0. The van der Waals surface area contributed by atoms with Gasteiger partial charge in [-0.25, -0.2) is 4.68 Å². The van der Waals surface area contributed by atoms with Gasteiger partial charge in [-0.2, -0.15) is 10.1 Å². The zero-order valence-corrected chi connectivity index (χ0v) is 13.6. The van der Waals surface area contributed by atoms with Crippen molar-refractivity contribution < 1.29 is 9.63 Å². The summed E-state index contributed by atoms with van der Waals surface area (Å²) in [4.78, 5) is 4.48. The molecule has 0 amide bonds. The first-order valence-electron chi connectivity index (χ1n) is 7.90. The average Bonchev–Trinajstić information content (AvgIpc) is 3.29. The van der Waals surface area contributed by atoms with Gasteiger partial charge in [-0.3, -0.25) is 0 Å². The SMILES string of the molecule is Cc1c(-c2nc(-c3ccc(CO)cc3)no2)cnn1-c1ccccc1. The van der Waals surface area contributed by atoms with E-state index in [4.69, 9.17) is 9.63 Å². The summed E-state index contributed by atoms with van der Waals surface area (Å²) in [5.74, 6) is 0.937. The first-order valence-corrected chi connectivity index (χ1v) is 7.90. The first kappa shape index (κ1) is 15.3. The first-order chi connectivity index (χ1) is 12.3. The smallest absolute Gasteiger partial charge is 0.261 e. The van der Waals surface area contributed by atoms with Crippen molar-refractivity contribution in [1.29, 1.82) is 0 Å². The third kappa shape index (κ3) is 2.83. The molecule has 6 heteroatoms. The Bertz CT molecular complexity index is 988. The number of nitrogens with zero attached hydrogens (tertiary/aromatic N) is 4. The predicted molar refractivity (Wildman–Crippen MR) is 93.0 cm³/mol. The van der Waals surface area contributed by atoms with Crippen molar-refractivity contribution in [3.63, 3.8) is 0 Å². The predicted octanol–water partition coefficient (Wildman–Crippen LogP) is 3.39. The number of aromatic nitrogens is 4. The van der Waals surface area contributed by atoms with Gasteiger partial charge in [-0.15, -0.1) is 0 Å². The van der Waals surface area contributed by atoms with Gasteiger partial charge in [0.05, 0.1) is 29.7 Å². The van der Waals surface area contributed by atoms with Crippen molar-refractivity contribution in [2.45, 2.75) is 13.5 Å². The highest BCUT2D eigenvalue weighted by atomic mass is 16.5. The lowest BCUT2D eigenvalue weighted by Gasteiger charge is -2.03. The molecule has 0 saturated carbocycles. The van der Waals surface area contributed by atoms with Crippen LogP contribution in [0.5, 0.6) is 0 Å². The van der Waals surface area contributed by atoms with Gasteiger partial charge < -0.3 is 9.63 Å². The Hall–Kier alpha value is -3.25. The summed E-state index contributed by atoms with van der Waals surface area (Å²) >= 11 is 0. The standard InChI is InChI=1S/C19H16N4O2/c1-13-17(11-20-23(13)16-5-3-2-4-6-16)19-21-18(22-25-19)15-9-7-14(12-24)8-10-15/h2-11,24H,12H2,1H3. The number of hydrogen-bond donors (Lipinski definition) is 1. The normalized spacial score (nSPS) is 11.0. The van der Waals surface area contributed by atoms with E-state index >= 15 is 0 Å². The van der Waals surface area contributed by atoms with Crippen LogP contribution >= 0.6 is 0 Å². The minimum Gasteiger partial charge on any atom is -0.392 e. The second-order valence-corrected chi connectivity index (χ2v) is 5.67. The van der Waals surface area contributed by atoms with E-state index in [9.17, 15) is 0 Å². The maximum atomic E-state index is 9.12.